The molecule has 1 saturated carbocycles. The van der Waals surface area contributed by atoms with Crippen LogP contribution in [-0.4, -0.2) is 23.5 Å². The first-order valence-corrected chi connectivity index (χ1v) is 7.28. The molecule has 1 aromatic heterocycles. The number of anilines is 1. The van der Waals surface area contributed by atoms with Gasteiger partial charge in [-0.05, 0) is 25.3 Å². The molecular formula is C14H20ClN3O. The highest BCUT2D eigenvalue weighted by Gasteiger charge is 2.18. The molecule has 0 spiro atoms. The Morgan fingerprint density at radius 3 is 2.84 bits per heavy atom. The fraction of sp³-hybridized carbons (Fsp3) is 0.571. The lowest BCUT2D eigenvalue weighted by atomic mass is 10.2. The van der Waals surface area contributed by atoms with E-state index in [0.717, 1.165) is 25.8 Å². The van der Waals surface area contributed by atoms with Crippen molar-refractivity contribution in [3.63, 3.8) is 0 Å². The van der Waals surface area contributed by atoms with Crippen LogP contribution in [0, 0.1) is 0 Å². The summed E-state index contributed by atoms with van der Waals surface area (Å²) in [5.41, 5.74) is 0.527. The van der Waals surface area contributed by atoms with E-state index in [1.54, 1.807) is 12.3 Å². The number of halogens is 1. The van der Waals surface area contributed by atoms with Gasteiger partial charge in [0.25, 0.3) is 5.91 Å². The molecule has 104 valence electrons. The number of carbonyl (C=O) groups is 1. The third-order valence-electron chi connectivity index (χ3n) is 3.34. The van der Waals surface area contributed by atoms with Crippen molar-refractivity contribution < 1.29 is 4.79 Å². The van der Waals surface area contributed by atoms with E-state index in [-0.39, 0.29) is 5.91 Å². The fourth-order valence-electron chi connectivity index (χ4n) is 2.27. The Balaban J connectivity index is 1.99. The maximum atomic E-state index is 12.0. The van der Waals surface area contributed by atoms with Gasteiger partial charge in [0.05, 0.1) is 10.6 Å². The van der Waals surface area contributed by atoms with Crippen LogP contribution < -0.4 is 10.6 Å². The SMILES string of the molecule is CCCNc1ncc(C(=O)NC2CCCC2)cc1Cl. The first-order chi connectivity index (χ1) is 9.20. The second-order valence-electron chi connectivity index (χ2n) is 4.94. The van der Waals surface area contributed by atoms with E-state index in [1.807, 2.05) is 0 Å². The number of aromatic nitrogens is 1. The van der Waals surface area contributed by atoms with Crippen molar-refractivity contribution in [1.82, 2.24) is 10.3 Å². The lowest BCUT2D eigenvalue weighted by Gasteiger charge is -2.12. The topological polar surface area (TPSA) is 54.0 Å². The van der Waals surface area contributed by atoms with E-state index in [4.69, 9.17) is 11.6 Å². The van der Waals surface area contributed by atoms with Crippen LogP contribution >= 0.6 is 11.6 Å². The Hall–Kier alpha value is -1.29. The highest BCUT2D eigenvalue weighted by molar-refractivity contribution is 6.33. The highest BCUT2D eigenvalue weighted by atomic mass is 35.5. The third kappa shape index (κ3) is 3.83. The van der Waals surface area contributed by atoms with Crippen LogP contribution in [-0.2, 0) is 0 Å². The molecule has 2 rings (SSSR count). The molecule has 1 aliphatic rings. The molecule has 0 bridgehead atoms. The second-order valence-corrected chi connectivity index (χ2v) is 5.34. The van der Waals surface area contributed by atoms with E-state index < -0.39 is 0 Å². The molecule has 1 heterocycles. The highest BCUT2D eigenvalue weighted by Crippen LogP contribution is 2.21. The minimum atomic E-state index is -0.0802. The maximum absolute atomic E-state index is 12.0. The summed E-state index contributed by atoms with van der Waals surface area (Å²) in [4.78, 5) is 16.3. The standard InChI is InChI=1S/C14H20ClN3O/c1-2-7-16-13-12(15)8-10(9-17-13)14(19)18-11-5-3-4-6-11/h8-9,11H,2-7H2,1H3,(H,16,17)(H,18,19). The predicted molar refractivity (Wildman–Crippen MR) is 77.7 cm³/mol. The first kappa shape index (κ1) is 14.1. The van der Waals surface area contributed by atoms with Crippen LogP contribution in [0.2, 0.25) is 5.02 Å². The molecule has 4 nitrogen and oxygen atoms in total. The minimum Gasteiger partial charge on any atom is -0.369 e. The number of carbonyl (C=O) groups excluding carboxylic acids is 1. The van der Waals surface area contributed by atoms with Gasteiger partial charge in [0.15, 0.2) is 0 Å². The number of amides is 1. The lowest BCUT2D eigenvalue weighted by molar-refractivity contribution is 0.0937. The molecule has 19 heavy (non-hydrogen) atoms. The van der Waals surface area contributed by atoms with Gasteiger partial charge < -0.3 is 10.6 Å². The Bertz CT molecular complexity index is 444. The van der Waals surface area contributed by atoms with Gasteiger partial charge in [-0.2, -0.15) is 0 Å². The zero-order valence-corrected chi connectivity index (χ0v) is 12.0. The second kappa shape index (κ2) is 6.75. The van der Waals surface area contributed by atoms with Crippen molar-refractivity contribution in [3.8, 4) is 0 Å². The van der Waals surface area contributed by atoms with Crippen molar-refractivity contribution in [3.05, 3.63) is 22.8 Å². The Morgan fingerprint density at radius 2 is 2.21 bits per heavy atom. The molecule has 1 amide bonds. The summed E-state index contributed by atoms with van der Waals surface area (Å²) in [5.74, 6) is 0.560. The average molecular weight is 282 g/mol. The minimum absolute atomic E-state index is 0.0802. The smallest absolute Gasteiger partial charge is 0.253 e. The summed E-state index contributed by atoms with van der Waals surface area (Å²) >= 11 is 6.12. The number of hydrogen-bond donors (Lipinski definition) is 2. The fourth-order valence-corrected chi connectivity index (χ4v) is 2.51. The molecular weight excluding hydrogens is 262 g/mol. The van der Waals surface area contributed by atoms with Crippen LogP contribution in [0.15, 0.2) is 12.3 Å². The summed E-state index contributed by atoms with van der Waals surface area (Å²) < 4.78 is 0. The summed E-state index contributed by atoms with van der Waals surface area (Å²) in [6.07, 6.45) is 7.12. The normalized spacial score (nSPS) is 15.5. The summed E-state index contributed by atoms with van der Waals surface area (Å²) in [5, 5.41) is 6.65. The first-order valence-electron chi connectivity index (χ1n) is 6.91. The van der Waals surface area contributed by atoms with E-state index in [1.165, 1.54) is 12.8 Å². The van der Waals surface area contributed by atoms with Gasteiger partial charge >= 0.3 is 0 Å². The number of hydrogen-bond acceptors (Lipinski definition) is 3. The largest absolute Gasteiger partial charge is 0.369 e. The number of nitrogens with zero attached hydrogens (tertiary/aromatic N) is 1. The van der Waals surface area contributed by atoms with Crippen LogP contribution in [0.5, 0.6) is 0 Å². The maximum Gasteiger partial charge on any atom is 0.253 e. The molecule has 0 aliphatic heterocycles. The number of rotatable bonds is 5. The van der Waals surface area contributed by atoms with E-state index in [0.29, 0.717) is 22.4 Å². The third-order valence-corrected chi connectivity index (χ3v) is 3.62. The van der Waals surface area contributed by atoms with Crippen molar-refractivity contribution in [2.75, 3.05) is 11.9 Å². The molecule has 0 aromatic carbocycles. The van der Waals surface area contributed by atoms with Gasteiger partial charge in [-0.1, -0.05) is 31.4 Å². The summed E-state index contributed by atoms with van der Waals surface area (Å²) in [6, 6.07) is 1.99. The monoisotopic (exact) mass is 281 g/mol. The van der Waals surface area contributed by atoms with Crippen molar-refractivity contribution >= 4 is 23.3 Å². The zero-order valence-electron chi connectivity index (χ0n) is 11.2. The Morgan fingerprint density at radius 1 is 1.47 bits per heavy atom. The van der Waals surface area contributed by atoms with E-state index in [2.05, 4.69) is 22.5 Å². The number of nitrogens with one attached hydrogen (secondary N) is 2. The van der Waals surface area contributed by atoms with Crippen molar-refractivity contribution in [2.45, 2.75) is 45.1 Å². The molecule has 0 unspecified atom stereocenters. The summed E-state index contributed by atoms with van der Waals surface area (Å²) in [7, 11) is 0. The molecule has 0 radical (unpaired) electrons. The van der Waals surface area contributed by atoms with Gasteiger partial charge in [0, 0.05) is 18.8 Å². The van der Waals surface area contributed by atoms with Gasteiger partial charge in [-0.15, -0.1) is 0 Å². The quantitative estimate of drug-likeness (QED) is 0.871. The van der Waals surface area contributed by atoms with Gasteiger partial charge in [0.2, 0.25) is 0 Å². The average Bonchev–Trinajstić information content (AvgIpc) is 2.90. The van der Waals surface area contributed by atoms with Gasteiger partial charge in [0.1, 0.15) is 5.82 Å². The van der Waals surface area contributed by atoms with Crippen LogP contribution in [0.4, 0.5) is 5.82 Å². The van der Waals surface area contributed by atoms with Crippen LogP contribution in [0.1, 0.15) is 49.4 Å². The summed E-state index contributed by atoms with van der Waals surface area (Å²) in [6.45, 7) is 2.89. The van der Waals surface area contributed by atoms with Gasteiger partial charge in [-0.3, -0.25) is 4.79 Å². The van der Waals surface area contributed by atoms with Gasteiger partial charge in [-0.25, -0.2) is 4.98 Å². The van der Waals surface area contributed by atoms with E-state index in [9.17, 15) is 4.79 Å². The molecule has 2 N–H and O–H groups in total. The molecule has 1 aromatic rings. The predicted octanol–water partition coefficient (Wildman–Crippen LogP) is 3.23. The number of pyridine rings is 1. The van der Waals surface area contributed by atoms with Crippen LogP contribution in [0.25, 0.3) is 0 Å². The Kier molecular flexibility index (Phi) is 5.02. The molecule has 0 atom stereocenters. The van der Waals surface area contributed by atoms with Crippen molar-refractivity contribution in [1.29, 1.82) is 0 Å². The molecule has 1 fully saturated rings. The molecule has 5 heteroatoms. The van der Waals surface area contributed by atoms with Crippen LogP contribution in [0.3, 0.4) is 0 Å². The van der Waals surface area contributed by atoms with Crippen molar-refractivity contribution in [2.24, 2.45) is 0 Å². The Labute approximate surface area is 118 Å². The molecule has 0 saturated heterocycles. The zero-order chi connectivity index (χ0) is 13.7. The molecule has 1 aliphatic carbocycles. The van der Waals surface area contributed by atoms with E-state index >= 15 is 0 Å². The lowest BCUT2D eigenvalue weighted by Crippen LogP contribution is -2.32.